The monoisotopic (exact) mass is 259 g/mol. The Morgan fingerprint density at radius 3 is 2.53 bits per heavy atom. The molecule has 0 radical (unpaired) electrons. The van der Waals surface area contributed by atoms with E-state index < -0.39 is 18.0 Å². The van der Waals surface area contributed by atoms with E-state index in [0.717, 1.165) is 0 Å². The summed E-state index contributed by atoms with van der Waals surface area (Å²) in [5.74, 6) is -1.71. The van der Waals surface area contributed by atoms with Gasteiger partial charge >= 0.3 is 5.97 Å². The molecule has 1 aromatic rings. The van der Waals surface area contributed by atoms with Crippen LogP contribution in [0.1, 0.15) is 13.3 Å². The van der Waals surface area contributed by atoms with Crippen molar-refractivity contribution in [2.24, 2.45) is 11.8 Å². The molecule has 1 saturated heterocycles. The fourth-order valence-electron chi connectivity index (χ4n) is 2.78. The molecule has 0 aromatic heterocycles. The SMILES string of the molecule is CC(=O)O[C@H]1C[C@@H]2C(=O)N(c3ccccc3)C(=O)[C@H]12. The Balaban J connectivity index is 1.85. The van der Waals surface area contributed by atoms with Crippen molar-refractivity contribution in [2.75, 3.05) is 4.90 Å². The Bertz CT molecular complexity index is 554. The van der Waals surface area contributed by atoms with Gasteiger partial charge in [-0.25, -0.2) is 4.90 Å². The first-order chi connectivity index (χ1) is 9.09. The van der Waals surface area contributed by atoms with Gasteiger partial charge in [0.15, 0.2) is 0 Å². The zero-order chi connectivity index (χ0) is 13.6. The Morgan fingerprint density at radius 1 is 1.21 bits per heavy atom. The predicted molar refractivity (Wildman–Crippen MR) is 66.1 cm³/mol. The van der Waals surface area contributed by atoms with Gasteiger partial charge in [-0.2, -0.15) is 0 Å². The fourth-order valence-corrected chi connectivity index (χ4v) is 2.78. The van der Waals surface area contributed by atoms with E-state index in [9.17, 15) is 14.4 Å². The highest BCUT2D eigenvalue weighted by Crippen LogP contribution is 2.45. The zero-order valence-corrected chi connectivity index (χ0v) is 10.4. The highest BCUT2D eigenvalue weighted by Gasteiger charge is 2.60. The molecule has 3 rings (SSSR count). The van der Waals surface area contributed by atoms with Crippen molar-refractivity contribution in [1.29, 1.82) is 0 Å². The van der Waals surface area contributed by atoms with Crippen LogP contribution in [0.15, 0.2) is 30.3 Å². The fraction of sp³-hybridized carbons (Fsp3) is 0.357. The molecule has 1 aliphatic carbocycles. The van der Waals surface area contributed by atoms with Gasteiger partial charge in [-0.05, 0) is 18.6 Å². The first kappa shape index (κ1) is 11.9. The lowest BCUT2D eigenvalue weighted by Crippen LogP contribution is -2.45. The highest BCUT2D eigenvalue weighted by molar-refractivity contribution is 6.23. The molecule has 5 nitrogen and oxygen atoms in total. The number of esters is 1. The minimum Gasteiger partial charge on any atom is -0.462 e. The van der Waals surface area contributed by atoms with Crippen LogP contribution in [0.4, 0.5) is 5.69 Å². The number of ether oxygens (including phenoxy) is 1. The maximum atomic E-state index is 12.3. The molecule has 19 heavy (non-hydrogen) atoms. The van der Waals surface area contributed by atoms with E-state index >= 15 is 0 Å². The quantitative estimate of drug-likeness (QED) is 0.590. The van der Waals surface area contributed by atoms with E-state index in [1.165, 1.54) is 11.8 Å². The molecular weight excluding hydrogens is 246 g/mol. The minimum absolute atomic E-state index is 0.190. The topological polar surface area (TPSA) is 63.7 Å². The molecule has 5 heteroatoms. The third-order valence-corrected chi connectivity index (χ3v) is 3.70. The van der Waals surface area contributed by atoms with E-state index in [1.807, 2.05) is 6.07 Å². The van der Waals surface area contributed by atoms with E-state index in [1.54, 1.807) is 24.3 Å². The summed E-state index contributed by atoms with van der Waals surface area (Å²) >= 11 is 0. The van der Waals surface area contributed by atoms with Crippen LogP contribution in [0.25, 0.3) is 0 Å². The summed E-state index contributed by atoms with van der Waals surface area (Å²) in [5, 5.41) is 0. The van der Waals surface area contributed by atoms with Crippen LogP contribution in [-0.2, 0) is 19.1 Å². The summed E-state index contributed by atoms with van der Waals surface area (Å²) in [6.07, 6.45) is -0.00863. The summed E-state index contributed by atoms with van der Waals surface area (Å²) < 4.78 is 5.06. The van der Waals surface area contributed by atoms with Crippen LogP contribution in [0.3, 0.4) is 0 Å². The molecule has 1 aromatic carbocycles. The number of carbonyl (C=O) groups is 3. The number of imide groups is 1. The van der Waals surface area contributed by atoms with Crippen LogP contribution in [0.2, 0.25) is 0 Å². The maximum Gasteiger partial charge on any atom is 0.302 e. The van der Waals surface area contributed by atoms with Crippen molar-refractivity contribution in [3.05, 3.63) is 30.3 Å². The van der Waals surface area contributed by atoms with Gasteiger partial charge in [0.1, 0.15) is 6.10 Å². The molecule has 2 amide bonds. The standard InChI is InChI=1S/C14H13NO4/c1-8(16)19-11-7-10-12(11)14(18)15(13(10)17)9-5-3-2-4-6-9/h2-6,10-12H,7H2,1H3/t10-,11-,12-/m0/s1. The van der Waals surface area contributed by atoms with Gasteiger partial charge in [0.2, 0.25) is 11.8 Å². The van der Waals surface area contributed by atoms with Crippen molar-refractivity contribution in [3.63, 3.8) is 0 Å². The molecule has 2 fully saturated rings. The van der Waals surface area contributed by atoms with E-state index in [0.29, 0.717) is 12.1 Å². The largest absolute Gasteiger partial charge is 0.462 e. The first-order valence-electron chi connectivity index (χ1n) is 6.19. The van der Waals surface area contributed by atoms with Gasteiger partial charge in [0.25, 0.3) is 0 Å². The number of hydrogen-bond acceptors (Lipinski definition) is 4. The molecule has 1 saturated carbocycles. The summed E-state index contributed by atoms with van der Waals surface area (Å²) in [7, 11) is 0. The van der Waals surface area contributed by atoms with Crippen LogP contribution >= 0.6 is 0 Å². The van der Waals surface area contributed by atoms with E-state index in [2.05, 4.69) is 0 Å². The molecule has 0 bridgehead atoms. The van der Waals surface area contributed by atoms with Gasteiger partial charge < -0.3 is 4.74 Å². The van der Waals surface area contributed by atoms with Crippen LogP contribution in [0, 0.1) is 11.8 Å². The number of para-hydroxylation sites is 1. The molecule has 1 aliphatic heterocycles. The Labute approximate surface area is 110 Å². The van der Waals surface area contributed by atoms with Crippen molar-refractivity contribution in [1.82, 2.24) is 0 Å². The van der Waals surface area contributed by atoms with E-state index in [-0.39, 0.29) is 17.7 Å². The number of hydrogen-bond donors (Lipinski definition) is 0. The number of fused-ring (bicyclic) bond motifs is 1. The van der Waals surface area contributed by atoms with Crippen LogP contribution < -0.4 is 4.90 Å². The average molecular weight is 259 g/mol. The molecule has 1 heterocycles. The summed E-state index contributed by atoms with van der Waals surface area (Å²) in [5.41, 5.74) is 0.577. The Morgan fingerprint density at radius 2 is 1.89 bits per heavy atom. The number of amides is 2. The van der Waals surface area contributed by atoms with Gasteiger partial charge in [-0.1, -0.05) is 18.2 Å². The first-order valence-corrected chi connectivity index (χ1v) is 6.19. The van der Waals surface area contributed by atoms with Gasteiger partial charge in [-0.3, -0.25) is 14.4 Å². The normalized spacial score (nSPS) is 28.9. The second kappa shape index (κ2) is 4.19. The number of nitrogens with zero attached hydrogens (tertiary/aromatic N) is 1. The summed E-state index contributed by atoms with van der Waals surface area (Å²) in [4.78, 5) is 36.6. The maximum absolute atomic E-state index is 12.3. The van der Waals surface area contributed by atoms with Gasteiger partial charge in [0.05, 0.1) is 17.5 Å². The number of anilines is 1. The van der Waals surface area contributed by atoms with E-state index in [4.69, 9.17) is 4.74 Å². The average Bonchev–Trinajstić information content (AvgIpc) is 2.53. The third kappa shape index (κ3) is 1.73. The molecule has 2 aliphatic rings. The smallest absolute Gasteiger partial charge is 0.302 e. The Kier molecular flexibility index (Phi) is 2.62. The highest BCUT2D eigenvalue weighted by atomic mass is 16.5. The lowest BCUT2D eigenvalue weighted by atomic mass is 9.72. The Hall–Kier alpha value is -2.17. The lowest BCUT2D eigenvalue weighted by Gasteiger charge is -2.34. The molecule has 98 valence electrons. The third-order valence-electron chi connectivity index (χ3n) is 3.70. The van der Waals surface area contributed by atoms with Crippen LogP contribution in [-0.4, -0.2) is 23.9 Å². The minimum atomic E-state index is -0.503. The van der Waals surface area contributed by atoms with Crippen molar-refractivity contribution < 1.29 is 19.1 Å². The molecule has 3 atom stereocenters. The molecular formula is C14H13NO4. The number of carbonyl (C=O) groups excluding carboxylic acids is 3. The molecule has 0 spiro atoms. The van der Waals surface area contributed by atoms with Gasteiger partial charge in [0, 0.05) is 6.92 Å². The van der Waals surface area contributed by atoms with Crippen molar-refractivity contribution >= 4 is 23.5 Å². The number of rotatable bonds is 2. The van der Waals surface area contributed by atoms with Crippen molar-refractivity contribution in [3.8, 4) is 0 Å². The second-order valence-electron chi connectivity index (χ2n) is 4.86. The summed E-state index contributed by atoms with van der Waals surface area (Å²) in [6, 6.07) is 8.83. The second-order valence-corrected chi connectivity index (χ2v) is 4.86. The lowest BCUT2D eigenvalue weighted by molar-refractivity contribution is -0.163. The van der Waals surface area contributed by atoms with Crippen LogP contribution in [0.5, 0.6) is 0 Å². The molecule has 0 N–H and O–H groups in total. The molecule has 0 unspecified atom stereocenters. The zero-order valence-electron chi connectivity index (χ0n) is 10.4. The summed E-state index contributed by atoms with van der Waals surface area (Å²) in [6.45, 7) is 1.31. The predicted octanol–water partition coefficient (Wildman–Crippen LogP) is 1.13. The number of benzene rings is 1. The van der Waals surface area contributed by atoms with Gasteiger partial charge in [-0.15, -0.1) is 0 Å². The van der Waals surface area contributed by atoms with Crippen molar-refractivity contribution in [2.45, 2.75) is 19.4 Å².